The van der Waals surface area contributed by atoms with E-state index in [1.54, 1.807) is 6.07 Å². The van der Waals surface area contributed by atoms with Gasteiger partial charge in [-0.05, 0) is 43.9 Å². The molecule has 0 heterocycles. The summed E-state index contributed by atoms with van der Waals surface area (Å²) in [5.74, 6) is 0.248. The van der Waals surface area contributed by atoms with E-state index in [0.717, 1.165) is 37.8 Å². The van der Waals surface area contributed by atoms with Gasteiger partial charge in [0.1, 0.15) is 11.8 Å². The average molecular weight is 255 g/mol. The van der Waals surface area contributed by atoms with Crippen molar-refractivity contribution in [2.75, 3.05) is 0 Å². The maximum atomic E-state index is 12.5. The summed E-state index contributed by atoms with van der Waals surface area (Å²) in [5.41, 5.74) is -0.880. The molecule has 1 fully saturated rings. The zero-order valence-electron chi connectivity index (χ0n) is 9.63. The molecule has 2 rings (SSSR count). The molecule has 0 spiro atoms. The Morgan fingerprint density at radius 3 is 2.44 bits per heavy atom. The van der Waals surface area contributed by atoms with Gasteiger partial charge >= 0.3 is 6.18 Å². The number of rotatable bonds is 2. The fourth-order valence-corrected chi connectivity index (χ4v) is 2.08. The molecule has 0 radical (unpaired) electrons. The minimum Gasteiger partial charge on any atom is -0.489 e. The van der Waals surface area contributed by atoms with Crippen molar-refractivity contribution in [2.24, 2.45) is 0 Å². The van der Waals surface area contributed by atoms with Crippen molar-refractivity contribution < 1.29 is 17.9 Å². The number of ether oxygens (including phenoxy) is 1. The summed E-state index contributed by atoms with van der Waals surface area (Å²) in [7, 11) is 0. The largest absolute Gasteiger partial charge is 0.489 e. The predicted octanol–water partition coefficient (Wildman–Crippen LogP) is 3.90. The lowest BCUT2D eigenvalue weighted by Gasteiger charge is -2.15. The molecule has 1 aliphatic rings. The molecule has 0 aliphatic heterocycles. The molecule has 0 N–H and O–H groups in total. The highest BCUT2D eigenvalue weighted by Gasteiger charge is 2.31. The topological polar surface area (TPSA) is 33.0 Å². The third kappa shape index (κ3) is 2.76. The summed E-state index contributed by atoms with van der Waals surface area (Å²) < 4.78 is 43.0. The van der Waals surface area contributed by atoms with Gasteiger partial charge in [-0.1, -0.05) is 0 Å². The van der Waals surface area contributed by atoms with Crippen molar-refractivity contribution in [2.45, 2.75) is 38.0 Å². The van der Waals surface area contributed by atoms with E-state index in [4.69, 9.17) is 10.00 Å². The van der Waals surface area contributed by atoms with Crippen LogP contribution in [0.5, 0.6) is 5.75 Å². The number of halogens is 3. The van der Waals surface area contributed by atoms with Gasteiger partial charge in [0.15, 0.2) is 0 Å². The van der Waals surface area contributed by atoms with Crippen LogP contribution in [0.25, 0.3) is 0 Å². The summed E-state index contributed by atoms with van der Waals surface area (Å²) in [6.07, 6.45) is -0.496. The van der Waals surface area contributed by atoms with Gasteiger partial charge in [0, 0.05) is 0 Å². The zero-order chi connectivity index (χ0) is 13.2. The van der Waals surface area contributed by atoms with Crippen molar-refractivity contribution in [3.8, 4) is 11.8 Å². The van der Waals surface area contributed by atoms with Crippen molar-refractivity contribution >= 4 is 0 Å². The van der Waals surface area contributed by atoms with Crippen LogP contribution in [0.1, 0.15) is 36.8 Å². The van der Waals surface area contributed by atoms with Crippen molar-refractivity contribution in [1.82, 2.24) is 0 Å². The molecule has 1 saturated carbocycles. The highest BCUT2D eigenvalue weighted by Crippen LogP contribution is 2.33. The standard InChI is InChI=1S/C13H12F3NO/c14-13(15,16)10-5-6-12(9(7-10)8-17)18-11-3-1-2-4-11/h5-7,11H,1-4H2. The SMILES string of the molecule is N#Cc1cc(C(F)(F)F)ccc1OC1CCCC1. The summed E-state index contributed by atoms with van der Waals surface area (Å²) in [4.78, 5) is 0. The monoisotopic (exact) mass is 255 g/mol. The molecule has 0 amide bonds. The molecule has 1 aromatic rings. The molecule has 0 unspecified atom stereocenters. The van der Waals surface area contributed by atoms with E-state index in [-0.39, 0.29) is 17.4 Å². The molecule has 18 heavy (non-hydrogen) atoms. The van der Waals surface area contributed by atoms with Crippen LogP contribution in [0.2, 0.25) is 0 Å². The first kappa shape index (κ1) is 12.7. The van der Waals surface area contributed by atoms with E-state index >= 15 is 0 Å². The molecule has 2 nitrogen and oxygen atoms in total. The second-order valence-electron chi connectivity index (χ2n) is 4.34. The number of hydrogen-bond donors (Lipinski definition) is 0. The number of nitrogens with zero attached hydrogens (tertiary/aromatic N) is 1. The second-order valence-corrected chi connectivity index (χ2v) is 4.34. The Kier molecular flexibility index (Phi) is 3.46. The molecule has 96 valence electrons. The van der Waals surface area contributed by atoms with Crippen LogP contribution in [0.15, 0.2) is 18.2 Å². The van der Waals surface area contributed by atoms with Crippen LogP contribution in [-0.4, -0.2) is 6.10 Å². The number of benzene rings is 1. The summed E-state index contributed by atoms with van der Waals surface area (Å²) >= 11 is 0. The summed E-state index contributed by atoms with van der Waals surface area (Å²) in [6.45, 7) is 0. The van der Waals surface area contributed by atoms with Gasteiger partial charge in [0.25, 0.3) is 0 Å². The normalized spacial score (nSPS) is 16.6. The summed E-state index contributed by atoms with van der Waals surface area (Å²) in [6, 6.07) is 4.78. The third-order valence-corrected chi connectivity index (χ3v) is 3.02. The third-order valence-electron chi connectivity index (χ3n) is 3.02. The van der Waals surface area contributed by atoms with Crippen LogP contribution < -0.4 is 4.74 Å². The van der Waals surface area contributed by atoms with Gasteiger partial charge in [-0.25, -0.2) is 0 Å². The molecular weight excluding hydrogens is 243 g/mol. The molecule has 0 bridgehead atoms. The van der Waals surface area contributed by atoms with Gasteiger partial charge in [-0.3, -0.25) is 0 Å². The van der Waals surface area contributed by atoms with Crippen LogP contribution >= 0.6 is 0 Å². The fraction of sp³-hybridized carbons (Fsp3) is 0.462. The Bertz CT molecular complexity index is 470. The zero-order valence-corrected chi connectivity index (χ0v) is 9.63. The van der Waals surface area contributed by atoms with E-state index in [9.17, 15) is 13.2 Å². The van der Waals surface area contributed by atoms with Crippen LogP contribution in [-0.2, 0) is 6.18 Å². The quantitative estimate of drug-likeness (QED) is 0.803. The lowest BCUT2D eigenvalue weighted by molar-refractivity contribution is -0.137. The van der Waals surface area contributed by atoms with E-state index in [1.165, 1.54) is 6.07 Å². The van der Waals surface area contributed by atoms with Crippen molar-refractivity contribution in [3.05, 3.63) is 29.3 Å². The molecular formula is C13H12F3NO. The van der Waals surface area contributed by atoms with Gasteiger partial charge < -0.3 is 4.74 Å². The Balaban J connectivity index is 2.23. The maximum absolute atomic E-state index is 12.5. The Labute approximate surface area is 103 Å². The molecule has 0 aromatic heterocycles. The minimum atomic E-state index is -4.43. The van der Waals surface area contributed by atoms with Gasteiger partial charge in [0.2, 0.25) is 0 Å². The molecule has 0 atom stereocenters. The van der Waals surface area contributed by atoms with Crippen LogP contribution in [0, 0.1) is 11.3 Å². The van der Waals surface area contributed by atoms with E-state index in [1.807, 2.05) is 0 Å². The van der Waals surface area contributed by atoms with E-state index in [0.29, 0.717) is 0 Å². The van der Waals surface area contributed by atoms with Crippen LogP contribution in [0.3, 0.4) is 0 Å². The lowest BCUT2D eigenvalue weighted by Crippen LogP contribution is -2.12. The van der Waals surface area contributed by atoms with Crippen molar-refractivity contribution in [1.29, 1.82) is 5.26 Å². The van der Waals surface area contributed by atoms with E-state index < -0.39 is 11.7 Å². The molecule has 1 aromatic carbocycles. The highest BCUT2D eigenvalue weighted by atomic mass is 19.4. The molecule has 5 heteroatoms. The molecule has 0 saturated heterocycles. The predicted molar refractivity (Wildman–Crippen MR) is 59.0 cm³/mol. The smallest absolute Gasteiger partial charge is 0.416 e. The fourth-order valence-electron chi connectivity index (χ4n) is 2.08. The summed E-state index contributed by atoms with van der Waals surface area (Å²) in [5, 5.41) is 8.89. The number of hydrogen-bond acceptors (Lipinski definition) is 2. The second kappa shape index (κ2) is 4.89. The maximum Gasteiger partial charge on any atom is 0.416 e. The number of alkyl halides is 3. The first-order valence-corrected chi connectivity index (χ1v) is 5.78. The minimum absolute atomic E-state index is 0.0221. The Hall–Kier alpha value is -1.70. The van der Waals surface area contributed by atoms with E-state index in [2.05, 4.69) is 0 Å². The highest BCUT2D eigenvalue weighted by molar-refractivity contribution is 5.46. The van der Waals surface area contributed by atoms with Gasteiger partial charge in [-0.2, -0.15) is 18.4 Å². The Morgan fingerprint density at radius 2 is 1.89 bits per heavy atom. The average Bonchev–Trinajstić information content (AvgIpc) is 2.81. The van der Waals surface area contributed by atoms with Crippen LogP contribution in [0.4, 0.5) is 13.2 Å². The molecule has 1 aliphatic carbocycles. The lowest BCUT2D eigenvalue weighted by atomic mass is 10.1. The van der Waals surface area contributed by atoms with Gasteiger partial charge in [0.05, 0.1) is 17.2 Å². The Morgan fingerprint density at radius 1 is 1.22 bits per heavy atom. The number of nitriles is 1. The van der Waals surface area contributed by atoms with Crippen molar-refractivity contribution in [3.63, 3.8) is 0 Å². The first-order valence-electron chi connectivity index (χ1n) is 5.78. The first-order chi connectivity index (χ1) is 8.50. The van der Waals surface area contributed by atoms with Gasteiger partial charge in [-0.15, -0.1) is 0 Å².